The Morgan fingerprint density at radius 3 is 2.00 bits per heavy atom. The molecule has 0 aromatic rings. The summed E-state index contributed by atoms with van der Waals surface area (Å²) >= 11 is 0. The van der Waals surface area contributed by atoms with E-state index in [9.17, 15) is 8.78 Å². The van der Waals surface area contributed by atoms with Crippen LogP contribution in [0, 0.1) is 5.41 Å². The molecule has 0 nitrogen and oxygen atoms in total. The van der Waals surface area contributed by atoms with Gasteiger partial charge in [-0.15, -0.1) is 0 Å². The van der Waals surface area contributed by atoms with Crippen molar-refractivity contribution in [2.75, 3.05) is 0 Å². The molecule has 0 aromatic carbocycles. The first-order valence-corrected chi connectivity index (χ1v) is 6.31. The summed E-state index contributed by atoms with van der Waals surface area (Å²) in [5.41, 5.74) is 1.08. The molecule has 0 heterocycles. The summed E-state index contributed by atoms with van der Waals surface area (Å²) in [7, 11) is 0. The molecular weight excluding hydrogens is 218 g/mol. The first-order valence-electron chi connectivity index (χ1n) is 6.31. The van der Waals surface area contributed by atoms with Crippen LogP contribution in [-0.2, 0) is 0 Å². The Hall–Kier alpha value is -0.660. The van der Waals surface area contributed by atoms with Crippen molar-refractivity contribution < 1.29 is 8.78 Å². The van der Waals surface area contributed by atoms with Gasteiger partial charge < -0.3 is 0 Å². The van der Waals surface area contributed by atoms with E-state index in [4.69, 9.17) is 0 Å². The van der Waals surface area contributed by atoms with E-state index in [1.807, 2.05) is 6.92 Å². The van der Waals surface area contributed by atoms with Crippen molar-refractivity contribution in [3.05, 3.63) is 24.3 Å². The SMILES string of the molecule is C=C(CCC(F)(F)C(=C)CCC)CC(C)(C)C. The zero-order chi connectivity index (χ0) is 13.7. The van der Waals surface area contributed by atoms with E-state index in [0.717, 1.165) is 18.4 Å². The summed E-state index contributed by atoms with van der Waals surface area (Å²) in [6.45, 7) is 15.5. The minimum atomic E-state index is -2.74. The second-order valence-corrected chi connectivity index (χ2v) is 6.05. The van der Waals surface area contributed by atoms with Crippen LogP contribution < -0.4 is 0 Å². The largest absolute Gasteiger partial charge is 0.269 e. The van der Waals surface area contributed by atoms with Crippen LogP contribution in [0.1, 0.15) is 59.8 Å². The molecule has 0 aromatic heterocycles. The van der Waals surface area contributed by atoms with Crippen LogP contribution in [0.25, 0.3) is 0 Å². The molecule has 0 rings (SSSR count). The summed E-state index contributed by atoms with van der Waals surface area (Å²) in [6, 6.07) is 0. The Morgan fingerprint density at radius 2 is 1.59 bits per heavy atom. The maximum absolute atomic E-state index is 13.7. The van der Waals surface area contributed by atoms with E-state index in [-0.39, 0.29) is 17.4 Å². The highest BCUT2D eigenvalue weighted by Gasteiger charge is 2.31. The van der Waals surface area contributed by atoms with Crippen LogP contribution in [0.4, 0.5) is 8.78 Å². The lowest BCUT2D eigenvalue weighted by Gasteiger charge is -2.22. The van der Waals surface area contributed by atoms with Crippen LogP contribution in [0.2, 0.25) is 0 Å². The number of hydrogen-bond acceptors (Lipinski definition) is 0. The first kappa shape index (κ1) is 16.3. The fourth-order valence-corrected chi connectivity index (χ4v) is 1.83. The molecule has 0 saturated carbocycles. The average molecular weight is 244 g/mol. The summed E-state index contributed by atoms with van der Waals surface area (Å²) in [4.78, 5) is 0. The summed E-state index contributed by atoms with van der Waals surface area (Å²) in [6.07, 6.45) is 2.15. The highest BCUT2D eigenvalue weighted by atomic mass is 19.3. The predicted octanol–water partition coefficient (Wildman–Crippen LogP) is 5.75. The van der Waals surface area contributed by atoms with Crippen molar-refractivity contribution in [1.29, 1.82) is 0 Å². The van der Waals surface area contributed by atoms with Gasteiger partial charge in [-0.1, -0.05) is 52.8 Å². The molecule has 0 bridgehead atoms. The number of halogens is 2. The van der Waals surface area contributed by atoms with Crippen LogP contribution in [0.3, 0.4) is 0 Å². The van der Waals surface area contributed by atoms with Crippen molar-refractivity contribution in [3.8, 4) is 0 Å². The molecule has 0 amide bonds. The van der Waals surface area contributed by atoms with Gasteiger partial charge in [0, 0.05) is 6.42 Å². The van der Waals surface area contributed by atoms with Gasteiger partial charge in [-0.2, -0.15) is 0 Å². The minimum absolute atomic E-state index is 0.0589. The number of allylic oxidation sites excluding steroid dienone is 2. The third kappa shape index (κ3) is 7.30. The van der Waals surface area contributed by atoms with E-state index >= 15 is 0 Å². The molecule has 0 atom stereocenters. The molecule has 2 heteroatoms. The Morgan fingerprint density at radius 1 is 1.06 bits per heavy atom. The van der Waals surface area contributed by atoms with E-state index in [1.165, 1.54) is 0 Å². The van der Waals surface area contributed by atoms with E-state index in [2.05, 4.69) is 33.9 Å². The molecule has 0 unspecified atom stereocenters. The normalized spacial score (nSPS) is 12.6. The zero-order valence-corrected chi connectivity index (χ0v) is 11.7. The van der Waals surface area contributed by atoms with Gasteiger partial charge in [-0.25, -0.2) is 8.78 Å². The molecule has 0 saturated heterocycles. The first-order chi connectivity index (χ1) is 7.58. The van der Waals surface area contributed by atoms with Crippen LogP contribution in [0.15, 0.2) is 24.3 Å². The third-order valence-corrected chi connectivity index (χ3v) is 2.64. The fraction of sp³-hybridized carbons (Fsp3) is 0.733. The lowest BCUT2D eigenvalue weighted by molar-refractivity contribution is 0.0291. The van der Waals surface area contributed by atoms with E-state index < -0.39 is 5.92 Å². The number of alkyl halides is 2. The quantitative estimate of drug-likeness (QED) is 0.500. The average Bonchev–Trinajstić information content (AvgIpc) is 2.12. The third-order valence-electron chi connectivity index (χ3n) is 2.64. The Bertz CT molecular complexity index is 269. The maximum atomic E-state index is 13.7. The maximum Gasteiger partial charge on any atom is 0.269 e. The molecule has 0 N–H and O–H groups in total. The standard InChI is InChI=1S/C15H26F2/c1-7-8-13(3)15(16,17)10-9-12(2)11-14(4,5)6/h2-3,7-11H2,1,4-6H3. The van der Waals surface area contributed by atoms with Gasteiger partial charge in [0.2, 0.25) is 0 Å². The number of hydrogen-bond donors (Lipinski definition) is 0. The summed E-state index contributed by atoms with van der Waals surface area (Å²) in [5.74, 6) is -2.74. The molecule has 100 valence electrons. The van der Waals surface area contributed by atoms with Crippen LogP contribution >= 0.6 is 0 Å². The topological polar surface area (TPSA) is 0 Å². The smallest absolute Gasteiger partial charge is 0.202 e. The van der Waals surface area contributed by atoms with Crippen molar-refractivity contribution in [1.82, 2.24) is 0 Å². The second kappa shape index (κ2) is 6.32. The predicted molar refractivity (Wildman–Crippen MR) is 71.4 cm³/mol. The minimum Gasteiger partial charge on any atom is -0.202 e. The number of rotatable bonds is 7. The van der Waals surface area contributed by atoms with Gasteiger partial charge in [-0.05, 0) is 30.3 Å². The van der Waals surface area contributed by atoms with Gasteiger partial charge in [0.25, 0.3) is 5.92 Å². The highest BCUT2D eigenvalue weighted by molar-refractivity contribution is 5.09. The van der Waals surface area contributed by atoms with Gasteiger partial charge in [-0.3, -0.25) is 0 Å². The Kier molecular flexibility index (Phi) is 6.08. The van der Waals surface area contributed by atoms with Crippen molar-refractivity contribution in [2.24, 2.45) is 5.41 Å². The van der Waals surface area contributed by atoms with Crippen LogP contribution in [0.5, 0.6) is 0 Å². The van der Waals surface area contributed by atoms with E-state index in [1.54, 1.807) is 0 Å². The fourth-order valence-electron chi connectivity index (χ4n) is 1.83. The molecule has 0 radical (unpaired) electrons. The second-order valence-electron chi connectivity index (χ2n) is 6.05. The molecule has 0 aliphatic carbocycles. The van der Waals surface area contributed by atoms with Gasteiger partial charge in [0.15, 0.2) is 0 Å². The monoisotopic (exact) mass is 244 g/mol. The molecule has 0 aliphatic heterocycles. The van der Waals surface area contributed by atoms with Gasteiger partial charge in [0.1, 0.15) is 0 Å². The lowest BCUT2D eigenvalue weighted by Crippen LogP contribution is -2.19. The van der Waals surface area contributed by atoms with Crippen molar-refractivity contribution in [3.63, 3.8) is 0 Å². The van der Waals surface area contributed by atoms with E-state index in [0.29, 0.717) is 12.8 Å². The van der Waals surface area contributed by atoms with Gasteiger partial charge in [0.05, 0.1) is 0 Å². The Labute approximate surface area is 105 Å². The molecule has 0 fully saturated rings. The molecule has 0 aliphatic rings. The van der Waals surface area contributed by atoms with Crippen molar-refractivity contribution >= 4 is 0 Å². The van der Waals surface area contributed by atoms with Crippen molar-refractivity contribution in [2.45, 2.75) is 65.7 Å². The lowest BCUT2D eigenvalue weighted by atomic mass is 9.86. The summed E-state index contributed by atoms with van der Waals surface area (Å²) < 4.78 is 27.3. The molecule has 17 heavy (non-hydrogen) atoms. The zero-order valence-electron chi connectivity index (χ0n) is 11.7. The Balaban J connectivity index is 4.18. The van der Waals surface area contributed by atoms with Crippen LogP contribution in [-0.4, -0.2) is 5.92 Å². The highest BCUT2D eigenvalue weighted by Crippen LogP contribution is 2.34. The molecular formula is C15H26F2. The summed E-state index contributed by atoms with van der Waals surface area (Å²) in [5, 5.41) is 0. The molecule has 0 spiro atoms. The van der Waals surface area contributed by atoms with Gasteiger partial charge >= 0.3 is 0 Å².